The van der Waals surface area contributed by atoms with Crippen LogP contribution in [0.2, 0.25) is 0 Å². The van der Waals surface area contributed by atoms with Crippen molar-refractivity contribution in [2.45, 2.75) is 40.2 Å². The monoisotopic (exact) mass is 244 g/mol. The lowest BCUT2D eigenvalue weighted by Gasteiger charge is -2.23. The summed E-state index contributed by atoms with van der Waals surface area (Å²) in [6, 6.07) is 8.18. The molecule has 2 aromatic rings. The van der Waals surface area contributed by atoms with E-state index in [9.17, 15) is 5.11 Å². The molecule has 0 unspecified atom stereocenters. The highest BCUT2D eigenvalue weighted by molar-refractivity contribution is 5.69. The van der Waals surface area contributed by atoms with E-state index in [1.807, 2.05) is 23.7 Å². The Morgan fingerprint density at radius 2 is 1.72 bits per heavy atom. The minimum atomic E-state index is -0.163. The highest BCUT2D eigenvalue weighted by Gasteiger charge is 2.24. The normalized spacial score (nSPS) is 11.8. The van der Waals surface area contributed by atoms with Gasteiger partial charge in [-0.3, -0.25) is 4.68 Å². The van der Waals surface area contributed by atoms with Gasteiger partial charge in [0.1, 0.15) is 0 Å². The summed E-state index contributed by atoms with van der Waals surface area (Å²) < 4.78 is 1.90. The maximum absolute atomic E-state index is 9.90. The van der Waals surface area contributed by atoms with E-state index in [2.05, 4.69) is 44.9 Å². The van der Waals surface area contributed by atoms with Gasteiger partial charge in [-0.1, -0.05) is 24.3 Å². The summed E-state index contributed by atoms with van der Waals surface area (Å²) in [5.74, 6) is 0.114. The van der Waals surface area contributed by atoms with Crippen LogP contribution < -0.4 is 0 Å². The quantitative estimate of drug-likeness (QED) is 0.832. The lowest BCUT2D eigenvalue weighted by molar-refractivity contribution is 0.341. The van der Waals surface area contributed by atoms with Crippen molar-refractivity contribution in [1.82, 2.24) is 9.78 Å². The van der Waals surface area contributed by atoms with Gasteiger partial charge < -0.3 is 5.11 Å². The van der Waals surface area contributed by atoms with E-state index < -0.39 is 0 Å². The van der Waals surface area contributed by atoms with Crippen LogP contribution in [-0.2, 0) is 5.54 Å². The van der Waals surface area contributed by atoms with Crippen LogP contribution in [0.1, 0.15) is 31.9 Å². The Morgan fingerprint density at radius 3 is 2.28 bits per heavy atom. The fourth-order valence-electron chi connectivity index (χ4n) is 2.12. The van der Waals surface area contributed by atoms with Crippen LogP contribution in [-0.4, -0.2) is 14.9 Å². The van der Waals surface area contributed by atoms with Crippen molar-refractivity contribution in [1.29, 1.82) is 0 Å². The molecule has 1 aromatic carbocycles. The molecule has 0 saturated heterocycles. The van der Waals surface area contributed by atoms with Gasteiger partial charge >= 0.3 is 0 Å². The summed E-state index contributed by atoms with van der Waals surface area (Å²) in [4.78, 5) is 0. The van der Waals surface area contributed by atoms with Gasteiger partial charge in [0, 0.05) is 11.1 Å². The SMILES string of the molecule is Cc1ccccc1-c1c(C)c(O)nn1C(C)(C)C. The third kappa shape index (κ3) is 2.01. The van der Waals surface area contributed by atoms with Gasteiger partial charge in [-0.15, -0.1) is 5.10 Å². The molecule has 0 aliphatic rings. The molecule has 2 rings (SSSR count). The molecular formula is C15H20N2O. The second-order valence-corrected chi connectivity index (χ2v) is 5.69. The number of rotatable bonds is 1. The topological polar surface area (TPSA) is 38.1 Å². The summed E-state index contributed by atoms with van der Waals surface area (Å²) >= 11 is 0. The molecule has 1 N–H and O–H groups in total. The van der Waals surface area contributed by atoms with Crippen molar-refractivity contribution in [3.63, 3.8) is 0 Å². The molecule has 3 heteroatoms. The molecule has 0 radical (unpaired) electrons. The summed E-state index contributed by atoms with van der Waals surface area (Å²) in [6.07, 6.45) is 0. The molecule has 0 amide bonds. The minimum Gasteiger partial charge on any atom is -0.492 e. The number of nitrogens with zero attached hydrogens (tertiary/aromatic N) is 2. The van der Waals surface area contributed by atoms with Crippen molar-refractivity contribution < 1.29 is 5.11 Å². The summed E-state index contributed by atoms with van der Waals surface area (Å²) in [6.45, 7) is 10.2. The maximum atomic E-state index is 9.90. The van der Waals surface area contributed by atoms with Crippen molar-refractivity contribution in [2.24, 2.45) is 0 Å². The minimum absolute atomic E-state index is 0.114. The van der Waals surface area contributed by atoms with E-state index >= 15 is 0 Å². The van der Waals surface area contributed by atoms with Gasteiger partial charge in [-0.25, -0.2) is 0 Å². The molecule has 1 heterocycles. The Balaban J connectivity index is 2.75. The first-order valence-electron chi connectivity index (χ1n) is 6.17. The predicted molar refractivity (Wildman–Crippen MR) is 73.8 cm³/mol. The van der Waals surface area contributed by atoms with Crippen LogP contribution in [0.4, 0.5) is 0 Å². The second kappa shape index (κ2) is 4.16. The largest absolute Gasteiger partial charge is 0.492 e. The first-order chi connectivity index (χ1) is 8.32. The van der Waals surface area contributed by atoms with E-state index in [-0.39, 0.29) is 11.4 Å². The van der Waals surface area contributed by atoms with E-state index in [1.165, 1.54) is 5.56 Å². The highest BCUT2D eigenvalue weighted by Crippen LogP contribution is 2.34. The molecule has 0 atom stereocenters. The van der Waals surface area contributed by atoms with Crippen molar-refractivity contribution >= 4 is 0 Å². The molecule has 0 saturated carbocycles. The molecule has 3 nitrogen and oxygen atoms in total. The Kier molecular flexibility index (Phi) is 2.93. The molecule has 96 valence electrons. The molecule has 0 fully saturated rings. The van der Waals surface area contributed by atoms with Crippen LogP contribution in [0.5, 0.6) is 5.88 Å². The van der Waals surface area contributed by atoms with Crippen LogP contribution in [0, 0.1) is 13.8 Å². The third-order valence-corrected chi connectivity index (χ3v) is 3.13. The average Bonchev–Trinajstić information content (AvgIpc) is 2.57. The van der Waals surface area contributed by atoms with Crippen LogP contribution in [0.3, 0.4) is 0 Å². The summed E-state index contributed by atoms with van der Waals surface area (Å²) in [5.41, 5.74) is 3.98. The van der Waals surface area contributed by atoms with Gasteiger partial charge in [-0.2, -0.15) is 0 Å². The van der Waals surface area contributed by atoms with Gasteiger partial charge in [0.05, 0.1) is 11.2 Å². The molecule has 0 bridgehead atoms. The Hall–Kier alpha value is -1.77. The van der Waals surface area contributed by atoms with Crippen molar-refractivity contribution in [3.05, 3.63) is 35.4 Å². The maximum Gasteiger partial charge on any atom is 0.233 e. The molecule has 0 spiro atoms. The number of aromatic nitrogens is 2. The smallest absolute Gasteiger partial charge is 0.233 e. The molecular weight excluding hydrogens is 224 g/mol. The van der Waals surface area contributed by atoms with Gasteiger partial charge in [0.25, 0.3) is 0 Å². The average molecular weight is 244 g/mol. The number of aromatic hydroxyl groups is 1. The van der Waals surface area contributed by atoms with Gasteiger partial charge in [0.15, 0.2) is 0 Å². The fourth-order valence-corrected chi connectivity index (χ4v) is 2.12. The zero-order chi connectivity index (χ0) is 13.5. The Morgan fingerprint density at radius 1 is 1.11 bits per heavy atom. The number of hydrogen-bond acceptors (Lipinski definition) is 2. The zero-order valence-corrected chi connectivity index (χ0v) is 11.7. The Bertz CT molecular complexity index is 577. The van der Waals surface area contributed by atoms with E-state index in [4.69, 9.17) is 0 Å². The summed E-state index contributed by atoms with van der Waals surface area (Å²) in [7, 11) is 0. The predicted octanol–water partition coefficient (Wildman–Crippen LogP) is 3.63. The van der Waals surface area contributed by atoms with Crippen LogP contribution >= 0.6 is 0 Å². The first-order valence-corrected chi connectivity index (χ1v) is 6.17. The molecule has 1 aromatic heterocycles. The van der Waals surface area contributed by atoms with Gasteiger partial charge in [-0.05, 0) is 40.2 Å². The Labute approximate surface area is 108 Å². The number of hydrogen-bond donors (Lipinski definition) is 1. The van der Waals surface area contributed by atoms with E-state index in [1.54, 1.807) is 0 Å². The molecule has 18 heavy (non-hydrogen) atoms. The van der Waals surface area contributed by atoms with E-state index in [0.717, 1.165) is 16.8 Å². The van der Waals surface area contributed by atoms with Crippen molar-refractivity contribution in [2.75, 3.05) is 0 Å². The third-order valence-electron chi connectivity index (χ3n) is 3.13. The van der Waals surface area contributed by atoms with E-state index in [0.29, 0.717) is 0 Å². The molecule has 0 aliphatic heterocycles. The lowest BCUT2D eigenvalue weighted by atomic mass is 10.0. The second-order valence-electron chi connectivity index (χ2n) is 5.69. The fraction of sp³-hybridized carbons (Fsp3) is 0.400. The van der Waals surface area contributed by atoms with Gasteiger partial charge in [0.2, 0.25) is 5.88 Å². The number of benzene rings is 1. The highest BCUT2D eigenvalue weighted by atomic mass is 16.3. The molecule has 0 aliphatic carbocycles. The lowest BCUT2D eigenvalue weighted by Crippen LogP contribution is -2.24. The standard InChI is InChI=1S/C15H20N2O/c1-10-8-6-7-9-12(10)13-11(2)14(18)16-17(13)15(3,4)5/h6-9H,1-5H3,(H,16,18). The first kappa shape index (κ1) is 12.7. The van der Waals surface area contributed by atoms with Crippen LogP contribution in [0.15, 0.2) is 24.3 Å². The van der Waals surface area contributed by atoms with Crippen LogP contribution in [0.25, 0.3) is 11.3 Å². The zero-order valence-electron chi connectivity index (χ0n) is 11.7. The number of aryl methyl sites for hydroxylation is 1. The summed E-state index contributed by atoms with van der Waals surface area (Å²) in [5, 5.41) is 14.2. The van der Waals surface area contributed by atoms with Crippen molar-refractivity contribution in [3.8, 4) is 17.1 Å².